The van der Waals surface area contributed by atoms with Crippen molar-refractivity contribution in [2.45, 2.75) is 25.8 Å². The van der Waals surface area contributed by atoms with E-state index in [2.05, 4.69) is 43.8 Å². The molecule has 0 saturated heterocycles. The van der Waals surface area contributed by atoms with E-state index >= 15 is 0 Å². The summed E-state index contributed by atoms with van der Waals surface area (Å²) in [6.45, 7) is 6.13. The Balaban J connectivity index is 3.08. The van der Waals surface area contributed by atoms with Crippen LogP contribution >= 0.6 is 11.6 Å². The standard InChI is InChI=1S/C15H22ClN3/c1-5-19(12(2)11-18(3)4)15-7-6-13(9-16)8-14(15)10-17/h6-8,12H,5,9,11H2,1-4H3. The second kappa shape index (κ2) is 7.37. The smallest absolute Gasteiger partial charge is 0.101 e. The topological polar surface area (TPSA) is 30.3 Å². The molecule has 1 aromatic rings. The Labute approximate surface area is 121 Å². The lowest BCUT2D eigenvalue weighted by atomic mass is 10.1. The summed E-state index contributed by atoms with van der Waals surface area (Å²) in [5, 5.41) is 9.32. The maximum atomic E-state index is 9.32. The summed E-state index contributed by atoms with van der Waals surface area (Å²) in [6.07, 6.45) is 0. The highest BCUT2D eigenvalue weighted by Crippen LogP contribution is 2.24. The van der Waals surface area contributed by atoms with Gasteiger partial charge in [0.2, 0.25) is 0 Å². The van der Waals surface area contributed by atoms with E-state index in [4.69, 9.17) is 11.6 Å². The van der Waals surface area contributed by atoms with E-state index in [-0.39, 0.29) is 0 Å². The van der Waals surface area contributed by atoms with Crippen LogP contribution in [0.25, 0.3) is 0 Å². The van der Waals surface area contributed by atoms with Crippen LogP contribution in [-0.4, -0.2) is 38.1 Å². The number of benzene rings is 1. The molecule has 0 N–H and O–H groups in total. The van der Waals surface area contributed by atoms with E-state index < -0.39 is 0 Å². The summed E-state index contributed by atoms with van der Waals surface area (Å²) in [6, 6.07) is 8.52. The second-order valence-electron chi connectivity index (χ2n) is 4.99. The number of likely N-dealkylation sites (N-methyl/N-ethyl adjacent to an activating group) is 2. The third kappa shape index (κ3) is 4.12. The van der Waals surface area contributed by atoms with Gasteiger partial charge in [-0.2, -0.15) is 5.26 Å². The number of nitriles is 1. The highest BCUT2D eigenvalue weighted by Gasteiger charge is 2.17. The lowest BCUT2D eigenvalue weighted by Crippen LogP contribution is -2.40. The van der Waals surface area contributed by atoms with Gasteiger partial charge in [0, 0.05) is 25.0 Å². The van der Waals surface area contributed by atoms with Gasteiger partial charge < -0.3 is 9.80 Å². The van der Waals surface area contributed by atoms with E-state index in [0.717, 1.165) is 24.3 Å². The molecule has 0 aliphatic carbocycles. The largest absolute Gasteiger partial charge is 0.367 e. The summed E-state index contributed by atoms with van der Waals surface area (Å²) in [5.41, 5.74) is 2.68. The van der Waals surface area contributed by atoms with Crippen LogP contribution in [0.1, 0.15) is 25.0 Å². The fourth-order valence-corrected chi connectivity index (χ4v) is 2.52. The van der Waals surface area contributed by atoms with Crippen molar-refractivity contribution >= 4 is 17.3 Å². The van der Waals surface area contributed by atoms with Gasteiger partial charge in [0.15, 0.2) is 0 Å². The molecular formula is C15H22ClN3. The Morgan fingerprint density at radius 1 is 1.37 bits per heavy atom. The molecule has 0 aliphatic heterocycles. The third-order valence-corrected chi connectivity index (χ3v) is 3.46. The summed E-state index contributed by atoms with van der Waals surface area (Å²) in [5.74, 6) is 0.439. The van der Waals surface area contributed by atoms with Crippen molar-refractivity contribution in [2.24, 2.45) is 0 Å². The van der Waals surface area contributed by atoms with Gasteiger partial charge in [0.05, 0.1) is 11.3 Å². The first-order chi connectivity index (χ1) is 9.03. The average Bonchev–Trinajstić information content (AvgIpc) is 2.39. The summed E-state index contributed by atoms with van der Waals surface area (Å²) in [7, 11) is 4.12. The molecule has 0 aromatic heterocycles. The molecular weight excluding hydrogens is 258 g/mol. The van der Waals surface area contributed by atoms with Crippen LogP contribution in [0.15, 0.2) is 18.2 Å². The Morgan fingerprint density at radius 3 is 2.53 bits per heavy atom. The SMILES string of the molecule is CCN(c1ccc(CCl)cc1C#N)C(C)CN(C)C. The van der Waals surface area contributed by atoms with E-state index in [1.807, 2.05) is 18.2 Å². The van der Waals surface area contributed by atoms with Gasteiger partial charge in [-0.05, 0) is 45.6 Å². The van der Waals surface area contributed by atoms with Crippen LogP contribution in [-0.2, 0) is 5.88 Å². The fourth-order valence-electron chi connectivity index (χ4n) is 2.35. The lowest BCUT2D eigenvalue weighted by Gasteiger charge is -2.32. The molecule has 0 amide bonds. The molecule has 1 aromatic carbocycles. The first-order valence-corrected chi connectivity index (χ1v) is 7.07. The van der Waals surface area contributed by atoms with Crippen LogP contribution < -0.4 is 4.90 Å². The highest BCUT2D eigenvalue weighted by molar-refractivity contribution is 6.17. The molecule has 1 unspecified atom stereocenters. The summed E-state index contributed by atoms with van der Waals surface area (Å²) < 4.78 is 0. The van der Waals surface area contributed by atoms with Crippen LogP contribution in [0, 0.1) is 11.3 Å². The van der Waals surface area contributed by atoms with E-state index in [9.17, 15) is 5.26 Å². The van der Waals surface area contributed by atoms with Crippen molar-refractivity contribution in [3.8, 4) is 6.07 Å². The van der Waals surface area contributed by atoms with Gasteiger partial charge in [0.25, 0.3) is 0 Å². The Bertz CT molecular complexity index is 451. The number of alkyl halides is 1. The minimum atomic E-state index is 0.356. The zero-order chi connectivity index (χ0) is 14.4. The van der Waals surface area contributed by atoms with Crippen LogP contribution in [0.2, 0.25) is 0 Å². The Kier molecular flexibility index (Phi) is 6.14. The molecule has 1 rings (SSSR count). The van der Waals surface area contributed by atoms with Gasteiger partial charge >= 0.3 is 0 Å². The molecule has 19 heavy (non-hydrogen) atoms. The number of rotatable bonds is 6. The third-order valence-electron chi connectivity index (χ3n) is 3.15. The molecule has 0 heterocycles. The molecule has 0 fully saturated rings. The second-order valence-corrected chi connectivity index (χ2v) is 5.26. The van der Waals surface area contributed by atoms with Gasteiger partial charge in [-0.25, -0.2) is 0 Å². The van der Waals surface area contributed by atoms with Gasteiger partial charge in [-0.3, -0.25) is 0 Å². The number of halogens is 1. The predicted molar refractivity (Wildman–Crippen MR) is 81.8 cm³/mol. The zero-order valence-corrected chi connectivity index (χ0v) is 12.9. The quantitative estimate of drug-likeness (QED) is 0.750. The van der Waals surface area contributed by atoms with Crippen molar-refractivity contribution in [1.82, 2.24) is 4.90 Å². The van der Waals surface area contributed by atoms with Crippen molar-refractivity contribution in [3.63, 3.8) is 0 Å². The highest BCUT2D eigenvalue weighted by atomic mass is 35.5. The van der Waals surface area contributed by atoms with Crippen LogP contribution in [0.5, 0.6) is 0 Å². The minimum Gasteiger partial charge on any atom is -0.367 e. The first-order valence-electron chi connectivity index (χ1n) is 6.53. The Hall–Kier alpha value is -1.24. The molecule has 0 saturated carbocycles. The van der Waals surface area contributed by atoms with E-state index in [0.29, 0.717) is 17.5 Å². The zero-order valence-electron chi connectivity index (χ0n) is 12.2. The lowest BCUT2D eigenvalue weighted by molar-refractivity contribution is 0.373. The number of anilines is 1. The number of hydrogen-bond donors (Lipinski definition) is 0. The van der Waals surface area contributed by atoms with Crippen molar-refractivity contribution in [2.75, 3.05) is 32.1 Å². The molecule has 0 radical (unpaired) electrons. The van der Waals surface area contributed by atoms with Crippen molar-refractivity contribution in [3.05, 3.63) is 29.3 Å². The number of hydrogen-bond acceptors (Lipinski definition) is 3. The average molecular weight is 280 g/mol. The molecule has 0 bridgehead atoms. The summed E-state index contributed by atoms with van der Waals surface area (Å²) >= 11 is 5.82. The van der Waals surface area contributed by atoms with Gasteiger partial charge in [-0.1, -0.05) is 6.07 Å². The summed E-state index contributed by atoms with van der Waals surface area (Å²) in [4.78, 5) is 4.42. The predicted octanol–water partition coefficient (Wildman–Crippen LogP) is 3.07. The van der Waals surface area contributed by atoms with Crippen molar-refractivity contribution < 1.29 is 0 Å². The molecule has 0 spiro atoms. The van der Waals surface area contributed by atoms with E-state index in [1.54, 1.807) is 0 Å². The molecule has 3 nitrogen and oxygen atoms in total. The molecule has 104 valence electrons. The van der Waals surface area contributed by atoms with Gasteiger partial charge in [0.1, 0.15) is 6.07 Å². The first kappa shape index (κ1) is 15.8. The maximum Gasteiger partial charge on any atom is 0.101 e. The van der Waals surface area contributed by atoms with Crippen LogP contribution in [0.4, 0.5) is 5.69 Å². The fraction of sp³-hybridized carbons (Fsp3) is 0.533. The maximum absolute atomic E-state index is 9.32. The minimum absolute atomic E-state index is 0.356. The van der Waals surface area contributed by atoms with E-state index in [1.165, 1.54) is 0 Å². The number of nitrogens with zero attached hydrogens (tertiary/aromatic N) is 3. The van der Waals surface area contributed by atoms with Crippen molar-refractivity contribution in [1.29, 1.82) is 5.26 Å². The van der Waals surface area contributed by atoms with Gasteiger partial charge in [-0.15, -0.1) is 11.6 Å². The molecule has 0 aliphatic rings. The monoisotopic (exact) mass is 279 g/mol. The normalized spacial score (nSPS) is 12.3. The molecule has 1 atom stereocenters. The Morgan fingerprint density at radius 2 is 2.05 bits per heavy atom. The molecule has 4 heteroatoms. The van der Waals surface area contributed by atoms with Crippen LogP contribution in [0.3, 0.4) is 0 Å².